The number of benzene rings is 2. The highest BCUT2D eigenvalue weighted by Gasteiger charge is 2.11. The van der Waals surface area contributed by atoms with Crippen LogP contribution in [0.5, 0.6) is 0 Å². The van der Waals surface area contributed by atoms with Crippen molar-refractivity contribution in [3.05, 3.63) is 71.4 Å². The number of nitro benzene ring substituents is 2. The normalized spacial score (nSPS) is 9.76. The summed E-state index contributed by atoms with van der Waals surface area (Å²) in [6.45, 7) is -0.279. The maximum absolute atomic E-state index is 12.4. The standard InChI is InChI=1S/C8H8BrFN2O2.C6H3BrFNO2/c9-7-5-6(11-4-3-10)1-2-8(7)12(13)14;7-5-3-4(8)1-2-6(5)9(10)11/h1-2,5,11H,3-4H2;1-3H. The first kappa shape index (κ1) is 20.9. The molecule has 0 aliphatic carbocycles. The molecule has 0 fully saturated rings. The van der Waals surface area contributed by atoms with Gasteiger partial charge < -0.3 is 5.32 Å². The average Bonchev–Trinajstić information content (AvgIpc) is 2.52. The fraction of sp³-hybridized carbons (Fsp3) is 0.143. The zero-order valence-electron chi connectivity index (χ0n) is 12.4. The molecule has 0 aliphatic heterocycles. The molecule has 134 valence electrons. The summed E-state index contributed by atoms with van der Waals surface area (Å²) in [4.78, 5) is 19.6. The SMILES string of the molecule is O=[N+]([O-])c1ccc(F)cc1Br.O=[N+]([O-])c1ccc(NCCF)cc1Br. The summed E-state index contributed by atoms with van der Waals surface area (Å²) in [5.41, 5.74) is 0.516. The number of halogens is 4. The van der Waals surface area contributed by atoms with Crippen molar-refractivity contribution in [1.29, 1.82) is 0 Å². The molecule has 11 heteroatoms. The molecular weight excluding hydrogens is 472 g/mol. The Balaban J connectivity index is 0.000000257. The molecule has 0 radical (unpaired) electrons. The van der Waals surface area contributed by atoms with Crippen LogP contribution < -0.4 is 5.32 Å². The minimum absolute atomic E-state index is 0.00389. The number of hydrogen-bond acceptors (Lipinski definition) is 5. The quantitative estimate of drug-likeness (QED) is 0.464. The van der Waals surface area contributed by atoms with Crippen molar-refractivity contribution in [3.8, 4) is 0 Å². The van der Waals surface area contributed by atoms with Crippen molar-refractivity contribution in [2.24, 2.45) is 0 Å². The Hall–Kier alpha value is -2.14. The fourth-order valence-electron chi connectivity index (χ4n) is 1.59. The van der Waals surface area contributed by atoms with E-state index >= 15 is 0 Å². The van der Waals surface area contributed by atoms with Gasteiger partial charge in [-0.15, -0.1) is 0 Å². The largest absolute Gasteiger partial charge is 0.382 e. The number of nitro groups is 2. The fourth-order valence-corrected chi connectivity index (χ4v) is 2.61. The first-order valence-electron chi connectivity index (χ1n) is 6.59. The van der Waals surface area contributed by atoms with Crippen LogP contribution in [-0.4, -0.2) is 23.1 Å². The molecule has 0 atom stereocenters. The summed E-state index contributed by atoms with van der Waals surface area (Å²) in [5, 5.41) is 23.4. The van der Waals surface area contributed by atoms with E-state index in [-0.39, 0.29) is 22.4 Å². The van der Waals surface area contributed by atoms with Gasteiger partial charge in [0, 0.05) is 24.4 Å². The molecule has 1 N–H and O–H groups in total. The number of hydrogen-bond donors (Lipinski definition) is 1. The summed E-state index contributed by atoms with van der Waals surface area (Å²) in [6.07, 6.45) is 0. The Morgan fingerprint density at radius 1 is 0.960 bits per heavy atom. The van der Waals surface area contributed by atoms with Crippen LogP contribution in [-0.2, 0) is 0 Å². The van der Waals surface area contributed by atoms with Gasteiger partial charge in [-0.1, -0.05) is 0 Å². The van der Waals surface area contributed by atoms with Crippen molar-refractivity contribution in [3.63, 3.8) is 0 Å². The zero-order chi connectivity index (χ0) is 19.0. The molecule has 0 aliphatic rings. The van der Waals surface area contributed by atoms with Gasteiger partial charge in [0.15, 0.2) is 0 Å². The summed E-state index contributed by atoms with van der Waals surface area (Å²) in [7, 11) is 0. The van der Waals surface area contributed by atoms with Gasteiger partial charge in [0.05, 0.1) is 18.8 Å². The molecule has 2 aromatic rings. The lowest BCUT2D eigenvalue weighted by Crippen LogP contribution is -2.02. The lowest BCUT2D eigenvalue weighted by atomic mass is 10.3. The maximum atomic E-state index is 12.4. The highest BCUT2D eigenvalue weighted by atomic mass is 79.9. The Bertz CT molecular complexity index is 778. The van der Waals surface area contributed by atoms with Gasteiger partial charge in [0.2, 0.25) is 0 Å². The molecule has 0 spiro atoms. The van der Waals surface area contributed by atoms with Gasteiger partial charge >= 0.3 is 0 Å². The van der Waals surface area contributed by atoms with Gasteiger partial charge in [-0.05, 0) is 56.1 Å². The topological polar surface area (TPSA) is 98.3 Å². The summed E-state index contributed by atoms with van der Waals surface area (Å²) in [6, 6.07) is 7.66. The van der Waals surface area contributed by atoms with E-state index in [1.807, 2.05) is 0 Å². The lowest BCUT2D eigenvalue weighted by Gasteiger charge is -2.03. The van der Waals surface area contributed by atoms with Crippen LogP contribution in [0, 0.1) is 26.0 Å². The number of nitrogens with zero attached hydrogens (tertiary/aromatic N) is 2. The molecule has 0 unspecified atom stereocenters. The summed E-state index contributed by atoms with van der Waals surface area (Å²) >= 11 is 5.93. The van der Waals surface area contributed by atoms with E-state index in [4.69, 9.17) is 0 Å². The van der Waals surface area contributed by atoms with E-state index in [9.17, 15) is 29.0 Å². The van der Waals surface area contributed by atoms with Gasteiger partial charge in [0.1, 0.15) is 12.5 Å². The predicted octanol–water partition coefficient (Wildman–Crippen LogP) is 5.24. The number of alkyl halides is 1. The Labute approximate surface area is 157 Å². The van der Waals surface area contributed by atoms with E-state index in [1.165, 1.54) is 6.07 Å². The van der Waals surface area contributed by atoms with Crippen LogP contribution in [0.25, 0.3) is 0 Å². The minimum Gasteiger partial charge on any atom is -0.382 e. The Morgan fingerprint density at radius 3 is 1.92 bits per heavy atom. The van der Waals surface area contributed by atoms with Crippen molar-refractivity contribution >= 4 is 48.9 Å². The van der Waals surface area contributed by atoms with Gasteiger partial charge in [-0.25, -0.2) is 8.78 Å². The highest BCUT2D eigenvalue weighted by molar-refractivity contribution is 9.11. The van der Waals surface area contributed by atoms with Crippen molar-refractivity contribution in [2.75, 3.05) is 18.5 Å². The molecule has 25 heavy (non-hydrogen) atoms. The smallest absolute Gasteiger partial charge is 0.283 e. The highest BCUT2D eigenvalue weighted by Crippen LogP contribution is 2.27. The van der Waals surface area contributed by atoms with Crippen LogP contribution in [0.3, 0.4) is 0 Å². The van der Waals surface area contributed by atoms with E-state index in [0.717, 1.165) is 18.2 Å². The molecular formula is C14H11Br2F2N3O4. The average molecular weight is 483 g/mol. The summed E-state index contributed by atoms with van der Waals surface area (Å²) in [5.74, 6) is -0.498. The van der Waals surface area contributed by atoms with Crippen molar-refractivity contribution in [1.82, 2.24) is 0 Å². The van der Waals surface area contributed by atoms with E-state index in [1.54, 1.807) is 12.1 Å². The molecule has 0 amide bonds. The van der Waals surface area contributed by atoms with Gasteiger partial charge in [-0.3, -0.25) is 20.2 Å². The van der Waals surface area contributed by atoms with E-state index < -0.39 is 22.3 Å². The van der Waals surface area contributed by atoms with Crippen LogP contribution in [0.1, 0.15) is 0 Å². The van der Waals surface area contributed by atoms with Crippen molar-refractivity contribution in [2.45, 2.75) is 0 Å². The number of anilines is 1. The number of rotatable bonds is 5. The molecule has 0 aromatic heterocycles. The predicted molar refractivity (Wildman–Crippen MR) is 96.0 cm³/mol. The third kappa shape index (κ3) is 6.70. The molecule has 0 heterocycles. The molecule has 2 aromatic carbocycles. The first-order chi connectivity index (χ1) is 11.8. The molecule has 0 saturated carbocycles. The van der Waals surface area contributed by atoms with Crippen LogP contribution >= 0.6 is 31.9 Å². The lowest BCUT2D eigenvalue weighted by molar-refractivity contribution is -0.385. The number of nitrogens with one attached hydrogen (secondary N) is 1. The minimum atomic E-state index is -0.580. The van der Waals surface area contributed by atoms with Gasteiger partial charge in [-0.2, -0.15) is 0 Å². The maximum Gasteiger partial charge on any atom is 0.283 e. The molecule has 2 rings (SSSR count). The third-order valence-electron chi connectivity index (χ3n) is 2.67. The zero-order valence-corrected chi connectivity index (χ0v) is 15.6. The van der Waals surface area contributed by atoms with Crippen molar-refractivity contribution < 1.29 is 18.6 Å². The monoisotopic (exact) mass is 481 g/mol. The van der Waals surface area contributed by atoms with E-state index in [2.05, 4.69) is 37.2 Å². The molecule has 0 bridgehead atoms. The van der Waals surface area contributed by atoms with Crippen LogP contribution in [0.15, 0.2) is 45.3 Å². The van der Waals surface area contributed by atoms with Crippen LogP contribution in [0.2, 0.25) is 0 Å². The molecule has 7 nitrogen and oxygen atoms in total. The second-order valence-corrected chi connectivity index (χ2v) is 6.10. The van der Waals surface area contributed by atoms with E-state index in [0.29, 0.717) is 10.2 Å². The Kier molecular flexibility index (Phi) is 8.35. The first-order valence-corrected chi connectivity index (χ1v) is 8.18. The third-order valence-corrected chi connectivity index (χ3v) is 3.94. The second-order valence-electron chi connectivity index (χ2n) is 4.39. The second kappa shape index (κ2) is 9.99. The van der Waals surface area contributed by atoms with Crippen LogP contribution in [0.4, 0.5) is 25.8 Å². The van der Waals surface area contributed by atoms with Gasteiger partial charge in [0.25, 0.3) is 11.4 Å². The molecule has 0 saturated heterocycles. The Morgan fingerprint density at radius 2 is 1.48 bits per heavy atom. The summed E-state index contributed by atoms with van der Waals surface area (Å²) < 4.78 is 24.7.